The lowest BCUT2D eigenvalue weighted by molar-refractivity contribution is 0.0378. The molecule has 3 heterocycles. The fraction of sp³-hybridized carbons (Fsp3) is 0.565. The number of benzene rings is 1. The summed E-state index contributed by atoms with van der Waals surface area (Å²) in [6.45, 7) is 8.22. The molecule has 10 heteroatoms. The van der Waals surface area contributed by atoms with E-state index in [0.29, 0.717) is 37.0 Å². The minimum absolute atomic E-state index is 0.190. The zero-order valence-corrected chi connectivity index (χ0v) is 19.8. The first kappa shape index (κ1) is 23.7. The fourth-order valence-corrected chi connectivity index (χ4v) is 5.85. The molecule has 2 aliphatic heterocycles. The number of rotatable bonds is 8. The summed E-state index contributed by atoms with van der Waals surface area (Å²) in [5.74, 6) is 0.996. The summed E-state index contributed by atoms with van der Waals surface area (Å²) in [6, 6.07) is 8.57. The number of nitrogens with zero attached hydrogens (tertiary/aromatic N) is 4. The van der Waals surface area contributed by atoms with E-state index in [1.165, 1.54) is 0 Å². The van der Waals surface area contributed by atoms with E-state index in [9.17, 15) is 13.7 Å². The highest BCUT2D eigenvalue weighted by molar-refractivity contribution is 7.89. The van der Waals surface area contributed by atoms with Gasteiger partial charge in [0.05, 0.1) is 18.1 Å². The van der Waals surface area contributed by atoms with Gasteiger partial charge in [-0.25, -0.2) is 8.42 Å². The number of piperidine rings is 1. The Labute approximate surface area is 195 Å². The number of sulfonamides is 1. The van der Waals surface area contributed by atoms with Crippen molar-refractivity contribution < 1.29 is 17.6 Å². The van der Waals surface area contributed by atoms with E-state index in [4.69, 9.17) is 9.15 Å². The number of hydrogen-bond donors (Lipinski definition) is 1. The predicted octanol–water partition coefficient (Wildman–Crippen LogP) is 2.77. The van der Waals surface area contributed by atoms with E-state index in [0.717, 1.165) is 52.1 Å². The normalized spacial score (nSPS) is 20.4. The highest BCUT2D eigenvalue weighted by Crippen LogP contribution is 2.28. The third-order valence-corrected chi connectivity index (χ3v) is 8.01. The molecule has 2 fully saturated rings. The summed E-state index contributed by atoms with van der Waals surface area (Å²) >= 11 is 0. The Balaban J connectivity index is 1.39. The van der Waals surface area contributed by atoms with Crippen molar-refractivity contribution in [2.75, 3.05) is 57.8 Å². The first-order valence-corrected chi connectivity index (χ1v) is 13.0. The largest absolute Gasteiger partial charge is 0.419 e. The molecule has 1 N–H and O–H groups in total. The van der Waals surface area contributed by atoms with E-state index in [1.54, 1.807) is 28.6 Å². The van der Waals surface area contributed by atoms with E-state index >= 15 is 0 Å². The molecule has 4 rings (SSSR count). The fourth-order valence-electron chi connectivity index (χ4n) is 4.25. The third kappa shape index (κ3) is 5.73. The van der Waals surface area contributed by atoms with Gasteiger partial charge in [-0.05, 0) is 56.0 Å². The molecule has 0 bridgehead atoms. The number of nitrogens with one attached hydrogen (secondary N) is 1. The molecule has 0 radical (unpaired) electrons. The molecule has 9 nitrogen and oxygen atoms in total. The Kier molecular flexibility index (Phi) is 7.65. The molecule has 1 aromatic carbocycles. The zero-order valence-electron chi connectivity index (χ0n) is 19.0. The van der Waals surface area contributed by atoms with Gasteiger partial charge in [0.15, 0.2) is 0 Å². The van der Waals surface area contributed by atoms with Crippen LogP contribution in [0, 0.1) is 17.2 Å². The Morgan fingerprint density at radius 1 is 1.21 bits per heavy atom. The summed E-state index contributed by atoms with van der Waals surface area (Å²) in [5.41, 5.74) is 0.814. The summed E-state index contributed by atoms with van der Waals surface area (Å²) < 4.78 is 38.7. The first-order chi connectivity index (χ1) is 16.0. The lowest BCUT2D eigenvalue weighted by Crippen LogP contribution is -2.39. The predicted molar refractivity (Wildman–Crippen MR) is 124 cm³/mol. The lowest BCUT2D eigenvalue weighted by Gasteiger charge is -2.30. The Hall–Kier alpha value is -2.45. The van der Waals surface area contributed by atoms with E-state index in [1.807, 2.05) is 0 Å². The van der Waals surface area contributed by atoms with Crippen molar-refractivity contribution in [1.29, 1.82) is 5.26 Å². The molecule has 0 amide bonds. The van der Waals surface area contributed by atoms with E-state index in [2.05, 4.69) is 28.2 Å². The quantitative estimate of drug-likeness (QED) is 0.583. The number of aromatic nitrogens is 1. The van der Waals surface area contributed by atoms with Crippen molar-refractivity contribution in [1.82, 2.24) is 14.2 Å². The van der Waals surface area contributed by atoms with Crippen molar-refractivity contribution in [2.24, 2.45) is 5.92 Å². The molecule has 2 aliphatic rings. The van der Waals surface area contributed by atoms with Crippen LogP contribution in [0.4, 0.5) is 5.88 Å². The maximum absolute atomic E-state index is 13.0. The van der Waals surface area contributed by atoms with Gasteiger partial charge in [0.1, 0.15) is 6.07 Å². The van der Waals surface area contributed by atoms with Gasteiger partial charge in [-0.3, -0.25) is 4.90 Å². The second-order valence-electron chi connectivity index (χ2n) is 8.68. The molecule has 1 aromatic heterocycles. The van der Waals surface area contributed by atoms with Crippen molar-refractivity contribution in [3.63, 3.8) is 0 Å². The monoisotopic (exact) mass is 473 g/mol. The molecule has 2 aromatic rings. The van der Waals surface area contributed by atoms with Crippen LogP contribution < -0.4 is 5.32 Å². The standard InChI is InChI=1S/C23H31N5O4S/c1-18-4-2-11-28(17-18)33(29,30)20-7-5-19(6-8-20)22-26-21(16-24)23(32-22)25-9-3-10-27-12-14-31-15-13-27/h5-8,18,25H,2-4,9-15,17H2,1H3/t18-/m1/s1. The number of oxazole rings is 1. The maximum atomic E-state index is 13.0. The van der Waals surface area contributed by atoms with Gasteiger partial charge in [-0.2, -0.15) is 14.6 Å². The maximum Gasteiger partial charge on any atom is 0.243 e. The van der Waals surface area contributed by atoms with Crippen LogP contribution in [0.5, 0.6) is 0 Å². The van der Waals surface area contributed by atoms with Gasteiger partial charge in [0.25, 0.3) is 0 Å². The number of hydrogen-bond acceptors (Lipinski definition) is 8. The molecular formula is C23H31N5O4S. The lowest BCUT2D eigenvalue weighted by atomic mass is 10.0. The Bertz CT molecular complexity index is 1070. The smallest absolute Gasteiger partial charge is 0.243 e. The highest BCUT2D eigenvalue weighted by Gasteiger charge is 2.28. The molecule has 2 saturated heterocycles. The molecule has 0 aliphatic carbocycles. The molecule has 0 unspecified atom stereocenters. The van der Waals surface area contributed by atoms with Crippen LogP contribution >= 0.6 is 0 Å². The summed E-state index contributed by atoms with van der Waals surface area (Å²) in [4.78, 5) is 6.89. The van der Waals surface area contributed by atoms with Crippen molar-refractivity contribution in [3.05, 3.63) is 30.0 Å². The van der Waals surface area contributed by atoms with E-state index < -0.39 is 10.0 Å². The molecule has 0 spiro atoms. The summed E-state index contributed by atoms with van der Waals surface area (Å²) in [7, 11) is -3.52. The van der Waals surface area contributed by atoms with Crippen LogP contribution in [0.15, 0.2) is 33.6 Å². The van der Waals surface area contributed by atoms with Crippen LogP contribution in [0.3, 0.4) is 0 Å². The average Bonchev–Trinajstić information content (AvgIpc) is 3.26. The second kappa shape index (κ2) is 10.7. The number of nitriles is 1. The van der Waals surface area contributed by atoms with Crippen molar-refractivity contribution in [2.45, 2.75) is 31.1 Å². The topological polar surface area (TPSA) is 112 Å². The second-order valence-corrected chi connectivity index (χ2v) is 10.6. The van der Waals surface area contributed by atoms with Crippen LogP contribution in [-0.4, -0.2) is 75.1 Å². The molecule has 1 atom stereocenters. The van der Waals surface area contributed by atoms with Crippen LogP contribution in [-0.2, 0) is 14.8 Å². The SMILES string of the molecule is C[C@@H]1CCCN(S(=O)(=O)c2ccc(-c3nc(C#N)c(NCCCN4CCOCC4)o3)cc2)C1. The number of ether oxygens (including phenoxy) is 1. The van der Waals surface area contributed by atoms with Gasteiger partial charge >= 0.3 is 0 Å². The minimum atomic E-state index is -3.52. The summed E-state index contributed by atoms with van der Waals surface area (Å²) in [6.07, 6.45) is 2.84. The first-order valence-electron chi connectivity index (χ1n) is 11.5. The van der Waals surface area contributed by atoms with Gasteiger partial charge in [0, 0.05) is 38.3 Å². The highest BCUT2D eigenvalue weighted by atomic mass is 32.2. The molecule has 178 valence electrons. The molecule has 33 heavy (non-hydrogen) atoms. The van der Waals surface area contributed by atoms with Gasteiger partial charge in [-0.15, -0.1) is 0 Å². The zero-order chi connectivity index (χ0) is 23.3. The summed E-state index contributed by atoms with van der Waals surface area (Å²) in [5, 5.41) is 12.6. The van der Waals surface area contributed by atoms with Crippen molar-refractivity contribution >= 4 is 15.9 Å². The number of anilines is 1. The minimum Gasteiger partial charge on any atom is -0.419 e. The van der Waals surface area contributed by atoms with Crippen LogP contribution in [0.2, 0.25) is 0 Å². The Morgan fingerprint density at radius 3 is 2.67 bits per heavy atom. The van der Waals surface area contributed by atoms with Crippen LogP contribution in [0.25, 0.3) is 11.5 Å². The molecule has 0 saturated carbocycles. The van der Waals surface area contributed by atoms with Gasteiger partial charge in [0.2, 0.25) is 27.5 Å². The molecular weight excluding hydrogens is 442 g/mol. The Morgan fingerprint density at radius 2 is 1.97 bits per heavy atom. The van der Waals surface area contributed by atoms with Crippen LogP contribution in [0.1, 0.15) is 31.9 Å². The third-order valence-electron chi connectivity index (χ3n) is 6.13. The van der Waals surface area contributed by atoms with Crippen molar-refractivity contribution in [3.8, 4) is 17.5 Å². The number of morpholine rings is 1. The average molecular weight is 474 g/mol. The van der Waals surface area contributed by atoms with Gasteiger partial charge < -0.3 is 14.5 Å². The van der Waals surface area contributed by atoms with Gasteiger partial charge in [-0.1, -0.05) is 6.92 Å². The van der Waals surface area contributed by atoms with E-state index in [-0.39, 0.29) is 16.5 Å².